The lowest BCUT2D eigenvalue weighted by Crippen LogP contribution is -2.28. The highest BCUT2D eigenvalue weighted by Crippen LogP contribution is 2.10. The van der Waals surface area contributed by atoms with Gasteiger partial charge in [0, 0.05) is 6.04 Å². The maximum atomic E-state index is 3.56. The van der Waals surface area contributed by atoms with Crippen molar-refractivity contribution in [2.45, 2.75) is 25.3 Å². The Morgan fingerprint density at radius 3 is 2.92 bits per heavy atom. The van der Waals surface area contributed by atoms with Gasteiger partial charge in [-0.3, -0.25) is 0 Å². The molecule has 1 aromatic rings. The third kappa shape index (κ3) is 2.68. The molecule has 0 saturated heterocycles. The summed E-state index contributed by atoms with van der Waals surface area (Å²) in [6.07, 6.45) is 8.12. The summed E-state index contributed by atoms with van der Waals surface area (Å²) in [6.45, 7) is 1.11. The number of thiophene rings is 1. The summed E-state index contributed by atoms with van der Waals surface area (Å²) in [5.41, 5.74) is 1.46. The maximum Gasteiger partial charge on any atom is 0.0136 e. The molecule has 0 unspecified atom stereocenters. The van der Waals surface area contributed by atoms with Crippen LogP contribution in [0.5, 0.6) is 0 Å². The first-order valence-corrected chi connectivity index (χ1v) is 5.79. The minimum Gasteiger partial charge on any atom is -0.313 e. The second-order valence-electron chi connectivity index (χ2n) is 3.48. The average Bonchev–Trinajstić information content (AvgIpc) is 2.75. The highest BCUT2D eigenvalue weighted by molar-refractivity contribution is 7.07. The van der Waals surface area contributed by atoms with Crippen molar-refractivity contribution in [1.29, 1.82) is 0 Å². The zero-order valence-electron chi connectivity index (χ0n) is 7.70. The Bertz CT molecular complexity index is 256. The molecule has 1 heterocycles. The maximum absolute atomic E-state index is 3.56. The molecule has 2 rings (SSSR count). The molecule has 13 heavy (non-hydrogen) atoms. The summed E-state index contributed by atoms with van der Waals surface area (Å²) >= 11 is 1.78. The number of rotatable bonds is 4. The summed E-state index contributed by atoms with van der Waals surface area (Å²) in [5, 5.41) is 7.94. The van der Waals surface area contributed by atoms with Gasteiger partial charge in [-0.1, -0.05) is 12.2 Å². The molecule has 0 saturated carbocycles. The van der Waals surface area contributed by atoms with Crippen LogP contribution in [-0.4, -0.2) is 12.6 Å². The zero-order valence-corrected chi connectivity index (χ0v) is 8.52. The van der Waals surface area contributed by atoms with Crippen LogP contribution >= 0.6 is 11.3 Å². The Morgan fingerprint density at radius 2 is 2.23 bits per heavy atom. The number of hydrogen-bond donors (Lipinski definition) is 1. The minimum absolute atomic E-state index is 0.707. The van der Waals surface area contributed by atoms with Crippen molar-refractivity contribution in [3.63, 3.8) is 0 Å². The monoisotopic (exact) mass is 193 g/mol. The predicted octanol–water partition coefficient (Wildman–Crippen LogP) is 2.60. The van der Waals surface area contributed by atoms with Crippen LogP contribution in [0.2, 0.25) is 0 Å². The fourth-order valence-corrected chi connectivity index (χ4v) is 2.34. The van der Waals surface area contributed by atoms with Crippen LogP contribution in [-0.2, 0) is 6.42 Å². The van der Waals surface area contributed by atoms with Gasteiger partial charge in [-0.05, 0) is 48.2 Å². The lowest BCUT2D eigenvalue weighted by atomic mass is 10.2. The molecule has 0 atom stereocenters. The van der Waals surface area contributed by atoms with Gasteiger partial charge in [-0.25, -0.2) is 0 Å². The van der Waals surface area contributed by atoms with Crippen LogP contribution < -0.4 is 5.32 Å². The van der Waals surface area contributed by atoms with Gasteiger partial charge in [0.15, 0.2) is 0 Å². The van der Waals surface area contributed by atoms with E-state index in [9.17, 15) is 0 Å². The van der Waals surface area contributed by atoms with Crippen molar-refractivity contribution >= 4 is 11.3 Å². The van der Waals surface area contributed by atoms with E-state index in [1.54, 1.807) is 11.3 Å². The van der Waals surface area contributed by atoms with Crippen LogP contribution in [0.25, 0.3) is 0 Å². The Morgan fingerprint density at radius 1 is 1.38 bits per heavy atom. The smallest absolute Gasteiger partial charge is 0.0136 e. The van der Waals surface area contributed by atoms with Crippen molar-refractivity contribution < 1.29 is 0 Å². The van der Waals surface area contributed by atoms with Crippen LogP contribution in [0.15, 0.2) is 29.0 Å². The van der Waals surface area contributed by atoms with Crippen LogP contribution in [0.1, 0.15) is 18.4 Å². The average molecular weight is 193 g/mol. The summed E-state index contributed by atoms with van der Waals surface area (Å²) in [4.78, 5) is 0. The molecule has 1 aliphatic carbocycles. The summed E-state index contributed by atoms with van der Waals surface area (Å²) < 4.78 is 0. The number of hydrogen-bond acceptors (Lipinski definition) is 2. The second kappa shape index (κ2) is 4.58. The molecule has 0 bridgehead atoms. The summed E-state index contributed by atoms with van der Waals surface area (Å²) in [7, 11) is 0. The van der Waals surface area contributed by atoms with E-state index in [0.717, 1.165) is 6.54 Å². The molecule has 0 fully saturated rings. The van der Waals surface area contributed by atoms with E-state index in [-0.39, 0.29) is 0 Å². The van der Waals surface area contributed by atoms with Crippen LogP contribution in [0.3, 0.4) is 0 Å². The van der Waals surface area contributed by atoms with Crippen LogP contribution in [0, 0.1) is 0 Å². The Labute approximate surface area is 83.5 Å². The molecule has 1 nitrogen and oxygen atoms in total. The van der Waals surface area contributed by atoms with E-state index in [0.29, 0.717) is 6.04 Å². The quantitative estimate of drug-likeness (QED) is 0.725. The first-order valence-electron chi connectivity index (χ1n) is 4.84. The van der Waals surface area contributed by atoms with Gasteiger partial charge in [0.1, 0.15) is 0 Å². The highest BCUT2D eigenvalue weighted by Gasteiger charge is 2.07. The minimum atomic E-state index is 0.707. The van der Waals surface area contributed by atoms with Gasteiger partial charge >= 0.3 is 0 Å². The van der Waals surface area contributed by atoms with Gasteiger partial charge in [0.25, 0.3) is 0 Å². The first-order chi connectivity index (χ1) is 6.45. The fourth-order valence-electron chi connectivity index (χ4n) is 1.64. The third-order valence-corrected chi connectivity index (χ3v) is 3.17. The Balaban J connectivity index is 1.64. The summed E-state index contributed by atoms with van der Waals surface area (Å²) in [6, 6.07) is 2.91. The molecule has 70 valence electrons. The molecule has 1 aromatic heterocycles. The molecule has 0 radical (unpaired) electrons. The van der Waals surface area contributed by atoms with E-state index in [2.05, 4.69) is 34.3 Å². The second-order valence-corrected chi connectivity index (χ2v) is 4.26. The SMILES string of the molecule is C1=CCC(NCCc2ccsc2)C1. The number of nitrogens with one attached hydrogen (secondary N) is 1. The predicted molar refractivity (Wildman–Crippen MR) is 58.2 cm³/mol. The van der Waals surface area contributed by atoms with Gasteiger partial charge < -0.3 is 5.32 Å². The van der Waals surface area contributed by atoms with E-state index in [1.165, 1.54) is 24.8 Å². The van der Waals surface area contributed by atoms with Crippen molar-refractivity contribution in [1.82, 2.24) is 5.32 Å². The Hall–Kier alpha value is -0.600. The summed E-state index contributed by atoms with van der Waals surface area (Å²) in [5.74, 6) is 0. The van der Waals surface area contributed by atoms with Gasteiger partial charge in [-0.2, -0.15) is 11.3 Å². The molecule has 1 N–H and O–H groups in total. The Kier molecular flexibility index (Phi) is 3.16. The van der Waals surface area contributed by atoms with Crippen LogP contribution in [0.4, 0.5) is 0 Å². The molecule has 0 aromatic carbocycles. The van der Waals surface area contributed by atoms with E-state index in [1.807, 2.05) is 0 Å². The lowest BCUT2D eigenvalue weighted by Gasteiger charge is -2.10. The molecule has 2 heteroatoms. The topological polar surface area (TPSA) is 12.0 Å². The van der Waals surface area contributed by atoms with Gasteiger partial charge in [-0.15, -0.1) is 0 Å². The molecule has 1 aliphatic rings. The van der Waals surface area contributed by atoms with Gasteiger partial charge in [0.2, 0.25) is 0 Å². The first kappa shape index (κ1) is 8.97. The molecular weight excluding hydrogens is 178 g/mol. The molecule has 0 amide bonds. The van der Waals surface area contributed by atoms with E-state index >= 15 is 0 Å². The fraction of sp³-hybridized carbons (Fsp3) is 0.455. The van der Waals surface area contributed by atoms with Crippen molar-refractivity contribution in [2.75, 3.05) is 6.54 Å². The van der Waals surface area contributed by atoms with E-state index < -0.39 is 0 Å². The highest BCUT2D eigenvalue weighted by atomic mass is 32.1. The molecule has 0 aliphatic heterocycles. The van der Waals surface area contributed by atoms with Crippen molar-refractivity contribution in [2.24, 2.45) is 0 Å². The third-order valence-electron chi connectivity index (χ3n) is 2.43. The normalized spacial score (nSPS) is 16.9. The van der Waals surface area contributed by atoms with Crippen molar-refractivity contribution in [3.05, 3.63) is 34.5 Å². The zero-order chi connectivity index (χ0) is 8.93. The largest absolute Gasteiger partial charge is 0.313 e. The molecular formula is C11H15NS. The molecule has 0 spiro atoms. The lowest BCUT2D eigenvalue weighted by molar-refractivity contribution is 0.542. The van der Waals surface area contributed by atoms with Crippen molar-refractivity contribution in [3.8, 4) is 0 Å². The standard InChI is InChI=1S/C11H15NS/c1-2-4-11(3-1)12-7-5-10-6-8-13-9-10/h1-2,6,8-9,11-12H,3-5,7H2. The van der Waals surface area contributed by atoms with E-state index in [4.69, 9.17) is 0 Å². The van der Waals surface area contributed by atoms with Gasteiger partial charge in [0.05, 0.1) is 0 Å².